The minimum absolute atomic E-state index is 1.09. The number of hydrogen-bond donors (Lipinski definition) is 1. The van der Waals surface area contributed by atoms with E-state index in [-0.39, 0.29) is 0 Å². The molecule has 0 amide bonds. The fourth-order valence-corrected chi connectivity index (χ4v) is 2.23. The highest BCUT2D eigenvalue weighted by Crippen LogP contribution is 2.23. The molecule has 2 aromatic rings. The standard InChI is InChI=1S/C14H20N2/c1-11-10-13-12(7-5-9-15-2)6-4-8-14(13)16(11)3/h4,6,8,10,15H,5,7,9H2,1-3H3. The summed E-state index contributed by atoms with van der Waals surface area (Å²) in [5.41, 5.74) is 4.15. The number of rotatable bonds is 4. The van der Waals surface area contributed by atoms with Gasteiger partial charge in [-0.3, -0.25) is 0 Å². The predicted octanol–water partition coefficient (Wildman–Crippen LogP) is 2.64. The molecule has 0 bridgehead atoms. The molecule has 0 unspecified atom stereocenters. The summed E-state index contributed by atoms with van der Waals surface area (Å²) in [4.78, 5) is 0. The minimum atomic E-state index is 1.09. The van der Waals surface area contributed by atoms with Crippen LogP contribution in [0, 0.1) is 6.92 Å². The van der Waals surface area contributed by atoms with Crippen LogP contribution < -0.4 is 5.32 Å². The largest absolute Gasteiger partial charge is 0.348 e. The van der Waals surface area contributed by atoms with Crippen molar-refractivity contribution in [3.05, 3.63) is 35.5 Å². The molecule has 0 saturated heterocycles. The van der Waals surface area contributed by atoms with Crippen LogP contribution in [-0.4, -0.2) is 18.2 Å². The molecular weight excluding hydrogens is 196 g/mol. The van der Waals surface area contributed by atoms with E-state index in [0.717, 1.165) is 13.0 Å². The summed E-state index contributed by atoms with van der Waals surface area (Å²) in [5, 5.41) is 4.61. The van der Waals surface area contributed by atoms with Crippen molar-refractivity contribution in [3.63, 3.8) is 0 Å². The SMILES string of the molecule is CNCCCc1cccc2c1cc(C)n2C. The number of nitrogens with zero attached hydrogens (tertiary/aromatic N) is 1. The van der Waals surface area contributed by atoms with Gasteiger partial charge in [0.05, 0.1) is 0 Å². The van der Waals surface area contributed by atoms with E-state index in [1.807, 2.05) is 7.05 Å². The minimum Gasteiger partial charge on any atom is -0.348 e. The molecule has 0 spiro atoms. The van der Waals surface area contributed by atoms with E-state index in [2.05, 4.69) is 48.1 Å². The van der Waals surface area contributed by atoms with Gasteiger partial charge in [-0.2, -0.15) is 0 Å². The summed E-state index contributed by atoms with van der Waals surface area (Å²) in [7, 11) is 4.14. The Morgan fingerprint density at radius 1 is 1.31 bits per heavy atom. The number of nitrogens with one attached hydrogen (secondary N) is 1. The lowest BCUT2D eigenvalue weighted by Gasteiger charge is -2.04. The van der Waals surface area contributed by atoms with Crippen LogP contribution in [0.25, 0.3) is 10.9 Å². The topological polar surface area (TPSA) is 17.0 Å². The predicted molar refractivity (Wildman–Crippen MR) is 69.9 cm³/mol. The highest BCUT2D eigenvalue weighted by atomic mass is 14.9. The molecule has 0 aliphatic rings. The van der Waals surface area contributed by atoms with E-state index in [0.29, 0.717) is 0 Å². The molecule has 86 valence electrons. The molecular formula is C14H20N2. The Labute approximate surface area is 97.3 Å². The summed E-state index contributed by atoms with van der Waals surface area (Å²) in [6.07, 6.45) is 2.35. The maximum Gasteiger partial charge on any atom is 0.0482 e. The molecule has 1 aromatic carbocycles. The van der Waals surface area contributed by atoms with Gasteiger partial charge in [-0.25, -0.2) is 0 Å². The average molecular weight is 216 g/mol. The second-order valence-corrected chi connectivity index (χ2v) is 4.40. The summed E-state index contributed by atoms with van der Waals surface area (Å²) >= 11 is 0. The molecule has 0 aliphatic heterocycles. The second-order valence-electron chi connectivity index (χ2n) is 4.40. The van der Waals surface area contributed by atoms with Crippen molar-refractivity contribution in [3.8, 4) is 0 Å². The zero-order valence-corrected chi connectivity index (χ0v) is 10.4. The smallest absolute Gasteiger partial charge is 0.0482 e. The van der Waals surface area contributed by atoms with Crippen LogP contribution in [0.5, 0.6) is 0 Å². The molecule has 0 aliphatic carbocycles. The molecule has 1 heterocycles. The Morgan fingerprint density at radius 2 is 2.12 bits per heavy atom. The third-order valence-corrected chi connectivity index (χ3v) is 3.29. The molecule has 2 nitrogen and oxygen atoms in total. The van der Waals surface area contributed by atoms with Gasteiger partial charge in [0.2, 0.25) is 0 Å². The van der Waals surface area contributed by atoms with E-state index in [1.54, 1.807) is 0 Å². The molecule has 0 atom stereocenters. The number of aryl methyl sites for hydroxylation is 3. The summed E-state index contributed by atoms with van der Waals surface area (Å²) < 4.78 is 2.26. The van der Waals surface area contributed by atoms with Crippen molar-refractivity contribution in [1.29, 1.82) is 0 Å². The normalized spacial score (nSPS) is 11.2. The van der Waals surface area contributed by atoms with Crippen molar-refractivity contribution in [2.75, 3.05) is 13.6 Å². The first-order valence-electron chi connectivity index (χ1n) is 5.92. The fraction of sp³-hybridized carbons (Fsp3) is 0.429. The zero-order chi connectivity index (χ0) is 11.5. The van der Waals surface area contributed by atoms with E-state index >= 15 is 0 Å². The van der Waals surface area contributed by atoms with Crippen LogP contribution in [-0.2, 0) is 13.5 Å². The lowest BCUT2D eigenvalue weighted by atomic mass is 10.1. The van der Waals surface area contributed by atoms with Crippen molar-refractivity contribution in [1.82, 2.24) is 9.88 Å². The van der Waals surface area contributed by atoms with Crippen LogP contribution >= 0.6 is 0 Å². The highest BCUT2D eigenvalue weighted by molar-refractivity contribution is 5.84. The highest BCUT2D eigenvalue weighted by Gasteiger charge is 2.05. The van der Waals surface area contributed by atoms with Crippen LogP contribution in [0.15, 0.2) is 24.3 Å². The molecule has 0 radical (unpaired) electrons. The lowest BCUT2D eigenvalue weighted by Crippen LogP contribution is -2.08. The first-order valence-corrected chi connectivity index (χ1v) is 5.92. The third kappa shape index (κ3) is 1.98. The number of fused-ring (bicyclic) bond motifs is 1. The van der Waals surface area contributed by atoms with Crippen LogP contribution in [0.2, 0.25) is 0 Å². The summed E-state index contributed by atoms with van der Waals surface area (Å²) in [6.45, 7) is 3.25. The van der Waals surface area contributed by atoms with Crippen LogP contribution in [0.4, 0.5) is 0 Å². The van der Waals surface area contributed by atoms with Crippen LogP contribution in [0.3, 0.4) is 0 Å². The first-order chi connectivity index (χ1) is 7.74. The van der Waals surface area contributed by atoms with E-state index in [4.69, 9.17) is 0 Å². The Bertz CT molecular complexity index is 483. The Kier molecular flexibility index (Phi) is 3.30. The van der Waals surface area contributed by atoms with Crippen molar-refractivity contribution < 1.29 is 0 Å². The summed E-state index contributed by atoms with van der Waals surface area (Å²) in [5.74, 6) is 0. The quantitative estimate of drug-likeness (QED) is 0.777. The molecule has 0 saturated carbocycles. The fourth-order valence-electron chi connectivity index (χ4n) is 2.23. The van der Waals surface area contributed by atoms with E-state index < -0.39 is 0 Å². The maximum absolute atomic E-state index is 3.20. The van der Waals surface area contributed by atoms with Gasteiger partial charge in [-0.1, -0.05) is 12.1 Å². The van der Waals surface area contributed by atoms with Crippen molar-refractivity contribution in [2.24, 2.45) is 7.05 Å². The van der Waals surface area contributed by atoms with Crippen LogP contribution in [0.1, 0.15) is 17.7 Å². The third-order valence-electron chi connectivity index (χ3n) is 3.29. The molecule has 1 N–H and O–H groups in total. The Balaban J connectivity index is 2.34. The van der Waals surface area contributed by atoms with Gasteiger partial charge in [-0.05, 0) is 51.1 Å². The zero-order valence-electron chi connectivity index (χ0n) is 10.4. The van der Waals surface area contributed by atoms with Gasteiger partial charge in [0, 0.05) is 23.6 Å². The Morgan fingerprint density at radius 3 is 2.88 bits per heavy atom. The number of hydrogen-bond acceptors (Lipinski definition) is 1. The van der Waals surface area contributed by atoms with Gasteiger partial charge in [-0.15, -0.1) is 0 Å². The number of benzene rings is 1. The monoisotopic (exact) mass is 216 g/mol. The van der Waals surface area contributed by atoms with E-state index in [1.165, 1.54) is 28.6 Å². The van der Waals surface area contributed by atoms with Gasteiger partial charge in [0.15, 0.2) is 0 Å². The lowest BCUT2D eigenvalue weighted by molar-refractivity contribution is 0.727. The molecule has 2 heteroatoms. The maximum atomic E-state index is 3.20. The van der Waals surface area contributed by atoms with Crippen molar-refractivity contribution >= 4 is 10.9 Å². The molecule has 0 fully saturated rings. The van der Waals surface area contributed by atoms with E-state index in [9.17, 15) is 0 Å². The average Bonchev–Trinajstić information content (AvgIpc) is 2.57. The Hall–Kier alpha value is -1.28. The van der Waals surface area contributed by atoms with Gasteiger partial charge in [0.1, 0.15) is 0 Å². The molecule has 1 aromatic heterocycles. The van der Waals surface area contributed by atoms with Crippen molar-refractivity contribution in [2.45, 2.75) is 19.8 Å². The van der Waals surface area contributed by atoms with Gasteiger partial charge in [0.25, 0.3) is 0 Å². The molecule has 16 heavy (non-hydrogen) atoms. The van der Waals surface area contributed by atoms with Gasteiger partial charge >= 0.3 is 0 Å². The summed E-state index contributed by atoms with van der Waals surface area (Å²) in [6, 6.07) is 8.90. The molecule has 2 rings (SSSR count). The number of aromatic nitrogens is 1. The first kappa shape index (κ1) is 11.2. The second kappa shape index (κ2) is 4.71. The van der Waals surface area contributed by atoms with Gasteiger partial charge < -0.3 is 9.88 Å².